The van der Waals surface area contributed by atoms with E-state index in [0.29, 0.717) is 0 Å². The maximum absolute atomic E-state index is 5.43. The second-order valence-corrected chi connectivity index (χ2v) is 3.88. The van der Waals surface area contributed by atoms with Crippen LogP contribution in [0.1, 0.15) is 24.3 Å². The number of rotatable bonds is 4. The van der Waals surface area contributed by atoms with Gasteiger partial charge in [-0.05, 0) is 24.8 Å². The smallest absolute Gasteiger partial charge is 0.0590 e. The third-order valence-electron chi connectivity index (χ3n) is 1.64. The summed E-state index contributed by atoms with van der Waals surface area (Å²) in [4.78, 5) is 1.26. The van der Waals surface area contributed by atoms with Crippen molar-refractivity contribution in [3.8, 4) is 0 Å². The molecule has 1 atom stereocenters. The van der Waals surface area contributed by atoms with Crippen LogP contribution in [0.25, 0.3) is 0 Å². The molecular formula is C9H14N2S. The van der Waals surface area contributed by atoms with Gasteiger partial charge in [0.1, 0.15) is 0 Å². The van der Waals surface area contributed by atoms with E-state index in [-0.39, 0.29) is 6.04 Å². The first kappa shape index (κ1) is 9.45. The first-order valence-electron chi connectivity index (χ1n) is 3.88. The van der Waals surface area contributed by atoms with Crippen LogP contribution in [0.3, 0.4) is 0 Å². The number of hydrogen-bond donors (Lipinski definition) is 2. The van der Waals surface area contributed by atoms with E-state index < -0.39 is 0 Å². The van der Waals surface area contributed by atoms with Crippen LogP contribution in [0.15, 0.2) is 29.7 Å². The second-order valence-electron chi connectivity index (χ2n) is 2.90. The fourth-order valence-corrected chi connectivity index (χ4v) is 1.87. The fraction of sp³-hybridized carbons (Fsp3) is 0.333. The first-order chi connectivity index (χ1) is 5.74. The molecule has 0 fully saturated rings. The summed E-state index contributed by atoms with van der Waals surface area (Å²) < 4.78 is 0. The standard InChI is InChI=1S/C9H14N2S/c1-7(2)6-8(11-10)9-4-3-5-12-9/h3-5,8,11H,1,6,10H2,2H3. The van der Waals surface area contributed by atoms with Crippen LogP contribution in [-0.4, -0.2) is 0 Å². The minimum atomic E-state index is 0.225. The highest BCUT2D eigenvalue weighted by Gasteiger charge is 2.09. The molecule has 0 aliphatic rings. The molecular weight excluding hydrogens is 168 g/mol. The van der Waals surface area contributed by atoms with Crippen LogP contribution < -0.4 is 11.3 Å². The SMILES string of the molecule is C=C(C)CC(NN)c1cccs1. The Hall–Kier alpha value is -0.640. The Morgan fingerprint density at radius 2 is 2.58 bits per heavy atom. The summed E-state index contributed by atoms with van der Waals surface area (Å²) in [5, 5.41) is 2.05. The van der Waals surface area contributed by atoms with Crippen molar-refractivity contribution in [2.75, 3.05) is 0 Å². The molecule has 0 radical (unpaired) electrons. The predicted octanol–water partition coefficient (Wildman–Crippen LogP) is 2.22. The van der Waals surface area contributed by atoms with Gasteiger partial charge in [0.05, 0.1) is 6.04 Å². The van der Waals surface area contributed by atoms with Crippen molar-refractivity contribution in [2.24, 2.45) is 5.84 Å². The van der Waals surface area contributed by atoms with E-state index in [1.807, 2.05) is 13.0 Å². The number of nitrogens with one attached hydrogen (secondary N) is 1. The molecule has 0 saturated heterocycles. The third kappa shape index (κ3) is 2.44. The first-order valence-corrected chi connectivity index (χ1v) is 4.76. The van der Waals surface area contributed by atoms with Crippen molar-refractivity contribution < 1.29 is 0 Å². The Balaban J connectivity index is 2.63. The topological polar surface area (TPSA) is 38.0 Å². The average Bonchev–Trinajstić information content (AvgIpc) is 2.51. The van der Waals surface area contributed by atoms with Gasteiger partial charge in [-0.2, -0.15) is 0 Å². The van der Waals surface area contributed by atoms with Gasteiger partial charge in [0.25, 0.3) is 0 Å². The molecule has 0 aliphatic carbocycles. The lowest BCUT2D eigenvalue weighted by Crippen LogP contribution is -2.27. The third-order valence-corrected chi connectivity index (χ3v) is 2.63. The summed E-state index contributed by atoms with van der Waals surface area (Å²) in [6.45, 7) is 5.87. The van der Waals surface area contributed by atoms with Gasteiger partial charge in [-0.15, -0.1) is 17.9 Å². The molecule has 1 rings (SSSR count). The van der Waals surface area contributed by atoms with E-state index in [1.54, 1.807) is 11.3 Å². The van der Waals surface area contributed by atoms with Gasteiger partial charge in [0, 0.05) is 4.88 Å². The maximum Gasteiger partial charge on any atom is 0.0590 e. The summed E-state index contributed by atoms with van der Waals surface area (Å²) >= 11 is 1.71. The van der Waals surface area contributed by atoms with Crippen LogP contribution in [0.5, 0.6) is 0 Å². The molecule has 3 heteroatoms. The number of hydrazine groups is 1. The summed E-state index contributed by atoms with van der Waals surface area (Å²) in [6, 6.07) is 4.34. The molecule has 2 nitrogen and oxygen atoms in total. The maximum atomic E-state index is 5.43. The van der Waals surface area contributed by atoms with Gasteiger partial charge in [-0.3, -0.25) is 11.3 Å². The molecule has 0 bridgehead atoms. The zero-order valence-corrected chi connectivity index (χ0v) is 8.03. The van der Waals surface area contributed by atoms with Crippen molar-refractivity contribution in [3.05, 3.63) is 34.5 Å². The largest absolute Gasteiger partial charge is 0.271 e. The van der Waals surface area contributed by atoms with Crippen LogP contribution >= 0.6 is 11.3 Å². The average molecular weight is 182 g/mol. The van der Waals surface area contributed by atoms with E-state index in [4.69, 9.17) is 5.84 Å². The molecule has 3 N–H and O–H groups in total. The fourth-order valence-electron chi connectivity index (χ4n) is 1.08. The molecule has 0 saturated carbocycles. The number of nitrogens with two attached hydrogens (primary N) is 1. The van der Waals surface area contributed by atoms with Gasteiger partial charge < -0.3 is 0 Å². The summed E-state index contributed by atoms with van der Waals surface area (Å²) in [5.41, 5.74) is 3.93. The molecule has 0 aromatic carbocycles. The van der Waals surface area contributed by atoms with Crippen LogP contribution in [0.4, 0.5) is 0 Å². The Morgan fingerprint density at radius 1 is 1.83 bits per heavy atom. The van der Waals surface area contributed by atoms with Crippen LogP contribution in [-0.2, 0) is 0 Å². The van der Waals surface area contributed by atoms with E-state index in [2.05, 4.69) is 23.5 Å². The lowest BCUT2D eigenvalue weighted by molar-refractivity contribution is 0.559. The van der Waals surface area contributed by atoms with Crippen molar-refractivity contribution >= 4 is 11.3 Å². The van der Waals surface area contributed by atoms with E-state index in [9.17, 15) is 0 Å². The zero-order valence-electron chi connectivity index (χ0n) is 7.21. The lowest BCUT2D eigenvalue weighted by Gasteiger charge is -2.13. The minimum Gasteiger partial charge on any atom is -0.271 e. The second kappa shape index (κ2) is 4.40. The molecule has 1 aromatic heterocycles. The van der Waals surface area contributed by atoms with Gasteiger partial charge in [-0.1, -0.05) is 11.6 Å². The zero-order chi connectivity index (χ0) is 8.97. The highest BCUT2D eigenvalue weighted by atomic mass is 32.1. The summed E-state index contributed by atoms with van der Waals surface area (Å²) in [5.74, 6) is 5.43. The van der Waals surface area contributed by atoms with Crippen LogP contribution in [0, 0.1) is 0 Å². The molecule has 0 amide bonds. The lowest BCUT2D eigenvalue weighted by atomic mass is 10.1. The van der Waals surface area contributed by atoms with Crippen molar-refractivity contribution in [1.82, 2.24) is 5.43 Å². The Morgan fingerprint density at radius 3 is 3.00 bits per heavy atom. The number of thiophene rings is 1. The highest BCUT2D eigenvalue weighted by Crippen LogP contribution is 2.23. The monoisotopic (exact) mass is 182 g/mol. The number of hydrogen-bond acceptors (Lipinski definition) is 3. The highest BCUT2D eigenvalue weighted by molar-refractivity contribution is 7.10. The molecule has 1 unspecified atom stereocenters. The summed E-state index contributed by atoms with van der Waals surface area (Å²) in [6.07, 6.45) is 0.900. The Kier molecular flexibility index (Phi) is 3.47. The molecule has 66 valence electrons. The van der Waals surface area contributed by atoms with Gasteiger partial charge in [0.2, 0.25) is 0 Å². The van der Waals surface area contributed by atoms with Crippen molar-refractivity contribution in [3.63, 3.8) is 0 Å². The molecule has 12 heavy (non-hydrogen) atoms. The minimum absolute atomic E-state index is 0.225. The summed E-state index contributed by atoms with van der Waals surface area (Å²) in [7, 11) is 0. The van der Waals surface area contributed by atoms with Gasteiger partial charge >= 0.3 is 0 Å². The molecule has 0 spiro atoms. The van der Waals surface area contributed by atoms with Gasteiger partial charge in [-0.25, -0.2) is 0 Å². The quantitative estimate of drug-likeness (QED) is 0.425. The normalized spacial score (nSPS) is 12.8. The Bertz CT molecular complexity index is 241. The van der Waals surface area contributed by atoms with Crippen molar-refractivity contribution in [2.45, 2.75) is 19.4 Å². The molecule has 1 aromatic rings. The van der Waals surface area contributed by atoms with E-state index in [1.165, 1.54) is 4.88 Å². The van der Waals surface area contributed by atoms with E-state index >= 15 is 0 Å². The molecule has 0 aliphatic heterocycles. The van der Waals surface area contributed by atoms with E-state index in [0.717, 1.165) is 12.0 Å². The predicted molar refractivity (Wildman–Crippen MR) is 53.8 cm³/mol. The Labute approximate surface area is 77.1 Å². The van der Waals surface area contributed by atoms with Crippen LogP contribution in [0.2, 0.25) is 0 Å². The molecule has 1 heterocycles. The van der Waals surface area contributed by atoms with Crippen molar-refractivity contribution in [1.29, 1.82) is 0 Å². The van der Waals surface area contributed by atoms with Gasteiger partial charge in [0.15, 0.2) is 0 Å².